The molecule has 1 unspecified atom stereocenters. The Bertz CT molecular complexity index is 913. The topological polar surface area (TPSA) is 66.0 Å². The summed E-state index contributed by atoms with van der Waals surface area (Å²) in [7, 11) is -1.85. The molecule has 3 rings (SSSR count). The maximum absolute atomic E-state index is 6.49. The molecule has 1 aromatic carbocycles. The number of nitrogen functional groups attached to an aromatic ring is 1. The summed E-state index contributed by atoms with van der Waals surface area (Å²) < 4.78 is 8.23. The number of para-hydroxylation sites is 1. The Hall–Kier alpha value is -2.18. The maximum Gasteiger partial charge on any atom is 0.192 e. The van der Waals surface area contributed by atoms with Crippen molar-refractivity contribution in [1.82, 2.24) is 14.8 Å². The molecule has 0 saturated carbocycles. The summed E-state index contributed by atoms with van der Waals surface area (Å²) in [6.07, 6.45) is 1.82. The lowest BCUT2D eigenvalue weighted by atomic mass is 10.2. The third-order valence-electron chi connectivity index (χ3n) is 5.32. The first-order valence-corrected chi connectivity index (χ1v) is 11.9. The van der Waals surface area contributed by atoms with Gasteiger partial charge in [0.15, 0.2) is 14.1 Å². The van der Waals surface area contributed by atoms with E-state index >= 15 is 0 Å². The second-order valence-corrected chi connectivity index (χ2v) is 13.0. The molecule has 2 aromatic heterocycles. The zero-order valence-electron chi connectivity index (χ0n) is 16.4. The van der Waals surface area contributed by atoms with E-state index in [0.29, 0.717) is 5.82 Å². The molecule has 0 aliphatic heterocycles. The number of anilines is 1. The lowest BCUT2D eigenvalue weighted by Gasteiger charge is -2.38. The van der Waals surface area contributed by atoms with Crippen LogP contribution < -0.4 is 5.73 Å². The monoisotopic (exact) mass is 368 g/mol. The molecular formula is C20H28N4OSi. The molecule has 0 aliphatic rings. The molecular weight excluding hydrogens is 340 g/mol. The van der Waals surface area contributed by atoms with Gasteiger partial charge in [0.05, 0.1) is 11.8 Å². The van der Waals surface area contributed by atoms with E-state index in [9.17, 15) is 0 Å². The van der Waals surface area contributed by atoms with Gasteiger partial charge in [-0.1, -0.05) is 39.0 Å². The van der Waals surface area contributed by atoms with E-state index in [-0.39, 0.29) is 11.1 Å². The zero-order valence-corrected chi connectivity index (χ0v) is 17.4. The van der Waals surface area contributed by atoms with Crippen LogP contribution in [0.4, 0.5) is 5.82 Å². The lowest BCUT2D eigenvalue weighted by Crippen LogP contribution is -2.41. The van der Waals surface area contributed by atoms with Gasteiger partial charge in [0, 0.05) is 6.20 Å². The van der Waals surface area contributed by atoms with Gasteiger partial charge in [-0.2, -0.15) is 5.10 Å². The Morgan fingerprint density at radius 1 is 1.15 bits per heavy atom. The van der Waals surface area contributed by atoms with Gasteiger partial charge in [-0.25, -0.2) is 4.68 Å². The Balaban J connectivity index is 1.95. The van der Waals surface area contributed by atoms with Crippen molar-refractivity contribution in [2.75, 3.05) is 5.73 Å². The number of fused-ring (bicyclic) bond motifs is 1. The van der Waals surface area contributed by atoms with Crippen LogP contribution in [0.2, 0.25) is 18.1 Å². The quantitative estimate of drug-likeness (QED) is 0.652. The average Bonchev–Trinajstić information content (AvgIpc) is 2.90. The molecule has 0 spiro atoms. The highest BCUT2D eigenvalue weighted by atomic mass is 28.4. The van der Waals surface area contributed by atoms with Crippen LogP contribution in [-0.4, -0.2) is 23.1 Å². The molecule has 138 valence electrons. The van der Waals surface area contributed by atoms with Crippen molar-refractivity contribution in [2.45, 2.75) is 51.9 Å². The van der Waals surface area contributed by atoms with Gasteiger partial charge in [-0.05, 0) is 48.8 Å². The van der Waals surface area contributed by atoms with E-state index in [1.165, 1.54) is 0 Å². The third kappa shape index (κ3) is 3.39. The van der Waals surface area contributed by atoms with E-state index in [0.717, 1.165) is 22.3 Å². The molecule has 2 heterocycles. The van der Waals surface area contributed by atoms with Crippen LogP contribution in [0.15, 0.2) is 42.6 Å². The Morgan fingerprint density at radius 2 is 1.81 bits per heavy atom. The predicted octanol–water partition coefficient (Wildman–Crippen LogP) is 5.09. The number of hydrogen-bond acceptors (Lipinski definition) is 4. The molecule has 3 aromatic rings. The Morgan fingerprint density at radius 3 is 2.42 bits per heavy atom. The molecule has 1 atom stereocenters. The molecule has 0 aliphatic carbocycles. The number of nitrogens with zero attached hydrogens (tertiary/aromatic N) is 3. The molecule has 0 bridgehead atoms. The van der Waals surface area contributed by atoms with Crippen molar-refractivity contribution in [1.29, 1.82) is 0 Å². The van der Waals surface area contributed by atoms with Crippen LogP contribution in [-0.2, 0) is 4.43 Å². The van der Waals surface area contributed by atoms with E-state index in [1.807, 2.05) is 42.6 Å². The molecule has 6 heteroatoms. The Kier molecular flexibility index (Phi) is 4.66. The fraction of sp³-hybridized carbons (Fsp3) is 0.400. The summed E-state index contributed by atoms with van der Waals surface area (Å²) in [6.45, 7) is 13.3. The van der Waals surface area contributed by atoms with Crippen LogP contribution in [0.25, 0.3) is 16.7 Å². The molecule has 0 fully saturated rings. The second kappa shape index (κ2) is 6.52. The molecule has 0 amide bonds. The third-order valence-corrected chi connectivity index (χ3v) is 9.87. The van der Waals surface area contributed by atoms with Crippen LogP contribution in [0.5, 0.6) is 0 Å². The largest absolute Gasteiger partial charge is 0.410 e. The summed E-state index contributed by atoms with van der Waals surface area (Å²) >= 11 is 0. The number of nitrogens with two attached hydrogens (primary N) is 1. The molecule has 26 heavy (non-hydrogen) atoms. The summed E-state index contributed by atoms with van der Waals surface area (Å²) in [5, 5.41) is 4.82. The first-order chi connectivity index (χ1) is 12.1. The molecule has 5 nitrogen and oxygen atoms in total. The minimum absolute atomic E-state index is 0.0316. The average molecular weight is 369 g/mol. The first kappa shape index (κ1) is 18.6. The highest BCUT2D eigenvalue weighted by Crippen LogP contribution is 2.39. The standard InChI is InChI=1S/C20H28N4OSi/c1-14(25-26(5,6)20(2,3)4)15-12-17-18(22-13-15)19(21)24(23-17)16-10-8-7-9-11-16/h7-14H,21H2,1-6H3. The van der Waals surface area contributed by atoms with Crippen molar-refractivity contribution in [3.8, 4) is 5.69 Å². The van der Waals surface area contributed by atoms with Crippen LogP contribution in [0.1, 0.15) is 39.4 Å². The van der Waals surface area contributed by atoms with Gasteiger partial charge in [0.25, 0.3) is 0 Å². The van der Waals surface area contributed by atoms with Gasteiger partial charge in [-0.3, -0.25) is 4.98 Å². The van der Waals surface area contributed by atoms with Crippen molar-refractivity contribution in [3.63, 3.8) is 0 Å². The minimum Gasteiger partial charge on any atom is -0.410 e. The molecule has 2 N–H and O–H groups in total. The van der Waals surface area contributed by atoms with Crippen molar-refractivity contribution < 1.29 is 4.43 Å². The van der Waals surface area contributed by atoms with E-state index < -0.39 is 8.32 Å². The second-order valence-electron chi connectivity index (χ2n) is 8.29. The SMILES string of the molecule is CC(O[Si](C)(C)C(C)(C)C)c1cnc2c(N)n(-c3ccccc3)nc2c1. The molecule has 0 radical (unpaired) electrons. The number of rotatable bonds is 4. The van der Waals surface area contributed by atoms with E-state index in [4.69, 9.17) is 10.2 Å². The smallest absolute Gasteiger partial charge is 0.192 e. The normalized spacial score (nSPS) is 13.9. The summed E-state index contributed by atoms with van der Waals surface area (Å²) in [5.74, 6) is 0.552. The fourth-order valence-electron chi connectivity index (χ4n) is 2.68. The van der Waals surface area contributed by atoms with E-state index in [2.05, 4.69) is 50.9 Å². The van der Waals surface area contributed by atoms with Gasteiger partial charge >= 0.3 is 0 Å². The molecule has 0 saturated heterocycles. The number of hydrogen-bond donors (Lipinski definition) is 1. The summed E-state index contributed by atoms with van der Waals surface area (Å²) in [5.41, 5.74) is 9.73. The minimum atomic E-state index is -1.85. The zero-order chi connectivity index (χ0) is 19.1. The van der Waals surface area contributed by atoms with Crippen LogP contribution >= 0.6 is 0 Å². The number of benzene rings is 1. The van der Waals surface area contributed by atoms with Crippen molar-refractivity contribution >= 4 is 25.2 Å². The maximum atomic E-state index is 6.49. The van der Waals surface area contributed by atoms with Gasteiger partial charge in [0.1, 0.15) is 11.0 Å². The first-order valence-electron chi connectivity index (χ1n) is 8.97. The highest BCUT2D eigenvalue weighted by Gasteiger charge is 2.38. The fourth-order valence-corrected chi connectivity index (χ4v) is 4.05. The van der Waals surface area contributed by atoms with E-state index in [1.54, 1.807) is 4.68 Å². The Labute approximate surface area is 156 Å². The van der Waals surface area contributed by atoms with Crippen LogP contribution in [0.3, 0.4) is 0 Å². The number of aromatic nitrogens is 3. The predicted molar refractivity (Wildman–Crippen MR) is 110 cm³/mol. The lowest BCUT2D eigenvalue weighted by molar-refractivity contribution is 0.203. The van der Waals surface area contributed by atoms with Gasteiger partial charge < -0.3 is 10.2 Å². The summed E-state index contributed by atoms with van der Waals surface area (Å²) in [4.78, 5) is 4.57. The number of pyridine rings is 1. The highest BCUT2D eigenvalue weighted by molar-refractivity contribution is 6.74. The van der Waals surface area contributed by atoms with Crippen molar-refractivity contribution in [2.24, 2.45) is 0 Å². The summed E-state index contributed by atoms with van der Waals surface area (Å²) in [6, 6.07) is 11.9. The van der Waals surface area contributed by atoms with Crippen molar-refractivity contribution in [3.05, 3.63) is 48.2 Å². The van der Waals surface area contributed by atoms with Gasteiger partial charge in [0.2, 0.25) is 0 Å². The van der Waals surface area contributed by atoms with Crippen LogP contribution in [0, 0.1) is 0 Å². The van der Waals surface area contributed by atoms with Gasteiger partial charge in [-0.15, -0.1) is 0 Å².